The highest BCUT2D eigenvalue weighted by molar-refractivity contribution is 5.60. The Labute approximate surface area is 119 Å². The maximum atomic E-state index is 11.9. The molecular formula is C14H26N4O2. The zero-order chi connectivity index (χ0) is 15.5. The van der Waals surface area contributed by atoms with Crippen molar-refractivity contribution in [1.82, 2.24) is 9.55 Å². The van der Waals surface area contributed by atoms with Crippen molar-refractivity contribution in [2.45, 2.75) is 47.6 Å². The first-order chi connectivity index (χ1) is 9.18. The number of H-pyrrole nitrogens is 1. The van der Waals surface area contributed by atoms with E-state index in [0.717, 1.165) is 6.42 Å². The molecule has 0 amide bonds. The van der Waals surface area contributed by atoms with E-state index in [1.807, 2.05) is 13.8 Å². The number of nitrogens with two attached hydrogens (primary N) is 1. The lowest BCUT2D eigenvalue weighted by Crippen LogP contribution is -2.36. The topological polar surface area (TPSA) is 92.9 Å². The SMILES string of the molecule is CCC(C)(C)CNc1c(N)n(CC(C)C)c(=O)[nH]c1=O. The van der Waals surface area contributed by atoms with E-state index in [4.69, 9.17) is 5.73 Å². The predicted octanol–water partition coefficient (Wildman–Crippen LogP) is 1.62. The van der Waals surface area contributed by atoms with Crippen LogP contribution in [0.25, 0.3) is 0 Å². The van der Waals surface area contributed by atoms with Crippen molar-refractivity contribution < 1.29 is 0 Å². The van der Waals surface area contributed by atoms with Crippen molar-refractivity contribution >= 4 is 11.5 Å². The summed E-state index contributed by atoms with van der Waals surface area (Å²) in [5, 5.41) is 3.08. The van der Waals surface area contributed by atoms with Gasteiger partial charge in [-0.2, -0.15) is 0 Å². The molecule has 6 heteroatoms. The Kier molecular flexibility index (Phi) is 5.03. The quantitative estimate of drug-likeness (QED) is 0.739. The monoisotopic (exact) mass is 282 g/mol. The molecule has 4 N–H and O–H groups in total. The highest BCUT2D eigenvalue weighted by Gasteiger charge is 2.18. The van der Waals surface area contributed by atoms with E-state index in [1.54, 1.807) is 0 Å². The van der Waals surface area contributed by atoms with Crippen LogP contribution in [0.3, 0.4) is 0 Å². The summed E-state index contributed by atoms with van der Waals surface area (Å²) >= 11 is 0. The third-order valence-corrected chi connectivity index (χ3v) is 3.49. The van der Waals surface area contributed by atoms with Gasteiger partial charge in [-0.3, -0.25) is 14.3 Å². The molecule has 1 heterocycles. The van der Waals surface area contributed by atoms with Crippen LogP contribution < -0.4 is 22.3 Å². The van der Waals surface area contributed by atoms with Crippen LogP contribution in [0.15, 0.2) is 9.59 Å². The number of hydrogen-bond donors (Lipinski definition) is 3. The van der Waals surface area contributed by atoms with Crippen molar-refractivity contribution in [1.29, 1.82) is 0 Å². The Morgan fingerprint density at radius 2 is 1.95 bits per heavy atom. The standard InChI is InChI=1S/C14H26N4O2/c1-6-14(4,5)8-16-10-11(15)18(7-9(2)3)13(20)17-12(10)19/h9,16H,6-8,15H2,1-5H3,(H,17,19,20). The fourth-order valence-corrected chi connectivity index (χ4v) is 1.76. The summed E-state index contributed by atoms with van der Waals surface area (Å²) in [5.74, 6) is 0.472. The van der Waals surface area contributed by atoms with E-state index in [9.17, 15) is 9.59 Å². The zero-order valence-electron chi connectivity index (χ0n) is 13.0. The summed E-state index contributed by atoms with van der Waals surface area (Å²) in [7, 11) is 0. The Hall–Kier alpha value is -1.72. The average Bonchev–Trinajstić information content (AvgIpc) is 2.33. The maximum Gasteiger partial charge on any atom is 0.330 e. The Morgan fingerprint density at radius 3 is 2.45 bits per heavy atom. The number of aromatic nitrogens is 2. The molecule has 114 valence electrons. The zero-order valence-corrected chi connectivity index (χ0v) is 13.0. The van der Waals surface area contributed by atoms with Crippen molar-refractivity contribution in [3.05, 3.63) is 20.8 Å². The van der Waals surface area contributed by atoms with Crippen LogP contribution in [0, 0.1) is 11.3 Å². The third-order valence-electron chi connectivity index (χ3n) is 3.49. The normalized spacial score (nSPS) is 11.9. The lowest BCUT2D eigenvalue weighted by Gasteiger charge is -2.24. The van der Waals surface area contributed by atoms with Gasteiger partial charge in [0.25, 0.3) is 5.56 Å². The van der Waals surface area contributed by atoms with Crippen LogP contribution in [0.5, 0.6) is 0 Å². The largest absolute Gasteiger partial charge is 0.383 e. The number of nitrogen functional groups attached to an aromatic ring is 1. The van der Waals surface area contributed by atoms with Crippen LogP contribution in [-0.4, -0.2) is 16.1 Å². The first kappa shape index (κ1) is 16.3. The van der Waals surface area contributed by atoms with Gasteiger partial charge in [0.2, 0.25) is 0 Å². The molecule has 20 heavy (non-hydrogen) atoms. The van der Waals surface area contributed by atoms with E-state index in [0.29, 0.717) is 13.1 Å². The highest BCUT2D eigenvalue weighted by atomic mass is 16.2. The molecule has 1 aromatic heterocycles. The number of hydrogen-bond acceptors (Lipinski definition) is 4. The summed E-state index contributed by atoms with van der Waals surface area (Å²) in [5.41, 5.74) is 5.41. The van der Waals surface area contributed by atoms with Crippen LogP contribution in [-0.2, 0) is 6.54 Å². The fourth-order valence-electron chi connectivity index (χ4n) is 1.76. The second-order valence-corrected chi connectivity index (χ2v) is 6.40. The summed E-state index contributed by atoms with van der Waals surface area (Å²) in [6, 6.07) is 0. The van der Waals surface area contributed by atoms with Gasteiger partial charge in [0.05, 0.1) is 0 Å². The minimum absolute atomic E-state index is 0.0535. The van der Waals surface area contributed by atoms with Crippen LogP contribution in [0.4, 0.5) is 11.5 Å². The lowest BCUT2D eigenvalue weighted by molar-refractivity contribution is 0.376. The Morgan fingerprint density at radius 1 is 1.35 bits per heavy atom. The van der Waals surface area contributed by atoms with E-state index in [2.05, 4.69) is 31.1 Å². The molecule has 0 saturated carbocycles. The number of aromatic amines is 1. The fraction of sp³-hybridized carbons (Fsp3) is 0.714. The summed E-state index contributed by atoms with van der Waals surface area (Å²) in [6.07, 6.45) is 0.976. The number of anilines is 2. The Balaban J connectivity index is 3.14. The number of nitrogens with one attached hydrogen (secondary N) is 2. The smallest absolute Gasteiger partial charge is 0.330 e. The molecule has 0 atom stereocenters. The van der Waals surface area contributed by atoms with Crippen LogP contribution in [0.2, 0.25) is 0 Å². The minimum atomic E-state index is -0.459. The van der Waals surface area contributed by atoms with E-state index in [1.165, 1.54) is 4.57 Å². The maximum absolute atomic E-state index is 11.9. The number of nitrogens with zero attached hydrogens (tertiary/aromatic N) is 1. The van der Waals surface area contributed by atoms with Gasteiger partial charge in [0.15, 0.2) is 0 Å². The van der Waals surface area contributed by atoms with Crippen molar-refractivity contribution in [2.24, 2.45) is 11.3 Å². The average molecular weight is 282 g/mol. The molecular weight excluding hydrogens is 256 g/mol. The minimum Gasteiger partial charge on any atom is -0.383 e. The molecule has 0 spiro atoms. The third kappa shape index (κ3) is 3.88. The highest BCUT2D eigenvalue weighted by Crippen LogP contribution is 2.21. The molecule has 0 bridgehead atoms. The molecule has 0 aliphatic carbocycles. The Bertz CT molecular complexity index is 570. The van der Waals surface area contributed by atoms with E-state index >= 15 is 0 Å². The van der Waals surface area contributed by atoms with Gasteiger partial charge < -0.3 is 11.1 Å². The molecule has 6 nitrogen and oxygen atoms in total. The second-order valence-electron chi connectivity index (χ2n) is 6.40. The van der Waals surface area contributed by atoms with Crippen molar-refractivity contribution in [3.63, 3.8) is 0 Å². The molecule has 0 aliphatic heterocycles. The molecule has 1 rings (SSSR count). The van der Waals surface area contributed by atoms with E-state index < -0.39 is 11.2 Å². The van der Waals surface area contributed by atoms with Crippen molar-refractivity contribution in [2.75, 3.05) is 17.6 Å². The number of rotatable bonds is 6. The molecule has 0 radical (unpaired) electrons. The van der Waals surface area contributed by atoms with Gasteiger partial charge in [-0.05, 0) is 17.8 Å². The summed E-state index contributed by atoms with van der Waals surface area (Å²) in [4.78, 5) is 26.0. The molecule has 1 aromatic rings. The molecule has 0 saturated heterocycles. The molecule has 0 aromatic carbocycles. The first-order valence-corrected chi connectivity index (χ1v) is 7.04. The van der Waals surface area contributed by atoms with Gasteiger partial charge in [-0.1, -0.05) is 34.6 Å². The molecule has 0 unspecified atom stereocenters. The predicted molar refractivity (Wildman–Crippen MR) is 83.1 cm³/mol. The second kappa shape index (κ2) is 6.15. The first-order valence-electron chi connectivity index (χ1n) is 7.04. The van der Waals surface area contributed by atoms with Crippen LogP contribution >= 0.6 is 0 Å². The lowest BCUT2D eigenvalue weighted by atomic mass is 9.90. The van der Waals surface area contributed by atoms with E-state index in [-0.39, 0.29) is 22.8 Å². The summed E-state index contributed by atoms with van der Waals surface area (Å²) < 4.78 is 1.41. The molecule has 0 aliphatic rings. The molecule has 0 fully saturated rings. The summed E-state index contributed by atoms with van der Waals surface area (Å²) in [6.45, 7) is 11.4. The van der Waals surface area contributed by atoms with Crippen molar-refractivity contribution in [3.8, 4) is 0 Å². The van der Waals surface area contributed by atoms with Gasteiger partial charge in [0.1, 0.15) is 11.5 Å². The van der Waals surface area contributed by atoms with Gasteiger partial charge in [0, 0.05) is 13.1 Å². The van der Waals surface area contributed by atoms with Gasteiger partial charge >= 0.3 is 5.69 Å². The van der Waals surface area contributed by atoms with Crippen LogP contribution in [0.1, 0.15) is 41.0 Å². The van der Waals surface area contributed by atoms with Gasteiger partial charge in [-0.25, -0.2) is 4.79 Å². The van der Waals surface area contributed by atoms with Gasteiger partial charge in [-0.15, -0.1) is 0 Å².